The molecule has 7 nitrogen and oxygen atoms in total. The molecular weight excluding hydrogens is 697 g/mol. The van der Waals surface area contributed by atoms with Crippen LogP contribution in [0.5, 0.6) is 0 Å². The predicted molar refractivity (Wildman–Crippen MR) is 240 cm³/mol. The Morgan fingerprint density at radius 3 is 1.12 bits per heavy atom. The van der Waals surface area contributed by atoms with Gasteiger partial charge in [0.15, 0.2) is 0 Å². The molecule has 330 valence electrons. The van der Waals surface area contributed by atoms with Gasteiger partial charge in [0.25, 0.3) is 0 Å². The number of carbonyl (C=O) groups excluding carboxylic acids is 2. The molecule has 0 aromatic rings. The normalized spacial score (nSPS) is 11.9. The molecule has 0 saturated heterocycles. The van der Waals surface area contributed by atoms with E-state index in [9.17, 15) is 9.59 Å². The van der Waals surface area contributed by atoms with Gasteiger partial charge in [0.05, 0.1) is 32.7 Å². The molecule has 0 atom stereocenters. The van der Waals surface area contributed by atoms with Crippen LogP contribution in [0.3, 0.4) is 0 Å². The van der Waals surface area contributed by atoms with Crippen molar-refractivity contribution in [3.8, 4) is 0 Å². The summed E-state index contributed by atoms with van der Waals surface area (Å²) in [5.41, 5.74) is 0. The van der Waals surface area contributed by atoms with Crippen LogP contribution in [0.2, 0.25) is 0 Å². The molecule has 0 fully saturated rings. The van der Waals surface area contributed by atoms with Crippen molar-refractivity contribution in [3.05, 3.63) is 24.3 Å². The van der Waals surface area contributed by atoms with E-state index >= 15 is 0 Å². The van der Waals surface area contributed by atoms with Gasteiger partial charge in [-0.15, -0.1) is 0 Å². The third-order valence-corrected chi connectivity index (χ3v) is 10.5. The lowest BCUT2D eigenvalue weighted by atomic mass is 10.1. The molecule has 56 heavy (non-hydrogen) atoms. The van der Waals surface area contributed by atoms with Crippen LogP contribution in [-0.2, 0) is 23.8 Å². The van der Waals surface area contributed by atoms with Crippen molar-refractivity contribution in [2.24, 2.45) is 0 Å². The lowest BCUT2D eigenvalue weighted by molar-refractivity contribution is -0.144. The van der Waals surface area contributed by atoms with E-state index in [1.165, 1.54) is 154 Å². The molecule has 0 aliphatic rings. The summed E-state index contributed by atoms with van der Waals surface area (Å²) in [6.45, 7) is 9.65. The van der Waals surface area contributed by atoms with Gasteiger partial charge in [0.1, 0.15) is 0 Å². The van der Waals surface area contributed by atoms with Crippen LogP contribution < -0.4 is 0 Å². The second kappa shape index (κ2) is 46.0. The van der Waals surface area contributed by atoms with E-state index < -0.39 is 0 Å². The molecule has 0 radical (unpaired) electrons. The van der Waals surface area contributed by atoms with Crippen molar-refractivity contribution < 1.29 is 23.8 Å². The van der Waals surface area contributed by atoms with Crippen LogP contribution in [-0.4, -0.2) is 88.4 Å². The highest BCUT2D eigenvalue weighted by atomic mass is 16.5. The fraction of sp³-hybridized carbons (Fsp3) is 0.878. The molecule has 0 saturated carbocycles. The van der Waals surface area contributed by atoms with E-state index in [4.69, 9.17) is 14.2 Å². The van der Waals surface area contributed by atoms with Crippen molar-refractivity contribution in [2.75, 3.05) is 66.7 Å². The third kappa shape index (κ3) is 45.0. The van der Waals surface area contributed by atoms with Crippen molar-refractivity contribution in [2.45, 2.75) is 213 Å². The zero-order chi connectivity index (χ0) is 40.8. The molecule has 0 aromatic heterocycles. The summed E-state index contributed by atoms with van der Waals surface area (Å²) >= 11 is 0. The van der Waals surface area contributed by atoms with E-state index in [1.54, 1.807) is 0 Å². The lowest BCUT2D eigenvalue weighted by Gasteiger charge is -2.21. The van der Waals surface area contributed by atoms with Crippen molar-refractivity contribution in [3.63, 3.8) is 0 Å². The van der Waals surface area contributed by atoms with Gasteiger partial charge < -0.3 is 19.1 Å². The number of allylic oxidation sites excluding steroid dienone is 4. The van der Waals surface area contributed by atoms with E-state index in [-0.39, 0.29) is 11.9 Å². The molecule has 0 bridgehead atoms. The first-order valence-electron chi connectivity index (χ1n) is 24.1. The molecule has 0 heterocycles. The summed E-state index contributed by atoms with van der Waals surface area (Å²) in [7, 11) is 4.13. The maximum atomic E-state index is 12.5. The van der Waals surface area contributed by atoms with Crippen LogP contribution in [0.25, 0.3) is 0 Å². The average molecular weight is 791 g/mol. The van der Waals surface area contributed by atoms with Crippen molar-refractivity contribution in [1.82, 2.24) is 9.80 Å². The first kappa shape index (κ1) is 54.3. The summed E-state index contributed by atoms with van der Waals surface area (Å²) < 4.78 is 17.0. The highest BCUT2D eigenvalue weighted by Crippen LogP contribution is 2.12. The Morgan fingerprint density at radius 1 is 0.393 bits per heavy atom. The zero-order valence-corrected chi connectivity index (χ0v) is 37.8. The average Bonchev–Trinajstić information content (AvgIpc) is 3.19. The summed E-state index contributed by atoms with van der Waals surface area (Å²) in [6, 6.07) is 0. The van der Waals surface area contributed by atoms with Crippen LogP contribution in [0.4, 0.5) is 0 Å². The Balaban J connectivity index is 4.02. The van der Waals surface area contributed by atoms with Crippen LogP contribution in [0.1, 0.15) is 213 Å². The molecule has 0 amide bonds. The van der Waals surface area contributed by atoms with Crippen molar-refractivity contribution >= 4 is 11.9 Å². The summed E-state index contributed by atoms with van der Waals surface area (Å²) in [6.07, 6.45) is 46.6. The maximum Gasteiger partial charge on any atom is 0.307 e. The Hall–Kier alpha value is -1.70. The first-order chi connectivity index (χ1) is 27.5. The van der Waals surface area contributed by atoms with Gasteiger partial charge in [-0.25, -0.2) is 0 Å². The summed E-state index contributed by atoms with van der Waals surface area (Å²) in [5.74, 6) is -0.311. The fourth-order valence-corrected chi connectivity index (χ4v) is 6.83. The van der Waals surface area contributed by atoms with Gasteiger partial charge in [-0.05, 0) is 91.3 Å². The van der Waals surface area contributed by atoms with Gasteiger partial charge >= 0.3 is 11.9 Å². The van der Waals surface area contributed by atoms with Gasteiger partial charge in [-0.3, -0.25) is 14.5 Å². The SMILES string of the molecule is CCCCCCCC/C=C\CCCCCCCCOC(=O)CCN(CCOCCCN(C)C)CCC(=O)OCCCCCCCC/C=C\CCCCCCCC. The summed E-state index contributed by atoms with van der Waals surface area (Å²) in [5, 5.41) is 0. The number of hydrogen-bond donors (Lipinski definition) is 0. The number of unbranched alkanes of at least 4 members (excludes halogenated alkanes) is 24. The minimum atomic E-state index is -0.155. The van der Waals surface area contributed by atoms with Crippen LogP contribution in [0.15, 0.2) is 24.3 Å². The minimum Gasteiger partial charge on any atom is -0.466 e. The minimum absolute atomic E-state index is 0.155. The van der Waals surface area contributed by atoms with E-state index in [0.29, 0.717) is 58.9 Å². The summed E-state index contributed by atoms with van der Waals surface area (Å²) in [4.78, 5) is 29.3. The fourth-order valence-electron chi connectivity index (χ4n) is 6.83. The first-order valence-corrected chi connectivity index (χ1v) is 24.1. The van der Waals surface area contributed by atoms with Gasteiger partial charge in [0, 0.05) is 26.2 Å². The van der Waals surface area contributed by atoms with Gasteiger partial charge in [-0.2, -0.15) is 0 Å². The number of ether oxygens (including phenoxy) is 3. The lowest BCUT2D eigenvalue weighted by Crippen LogP contribution is -2.33. The van der Waals surface area contributed by atoms with E-state index in [2.05, 4.69) is 62.0 Å². The van der Waals surface area contributed by atoms with Gasteiger partial charge in [0.2, 0.25) is 0 Å². The molecule has 0 aliphatic carbocycles. The van der Waals surface area contributed by atoms with Gasteiger partial charge in [-0.1, -0.05) is 154 Å². The third-order valence-electron chi connectivity index (χ3n) is 10.5. The highest BCUT2D eigenvalue weighted by molar-refractivity contribution is 5.70. The standard InChI is InChI=1S/C49H94N2O5/c1-5-7-9-11-13-15-17-19-21-23-25-27-29-31-33-35-45-55-48(52)38-41-51(43-47-54-44-37-40-50(3)4)42-39-49(53)56-46-36-34-32-30-28-26-24-22-20-18-16-14-12-10-8-6-2/h19-22H,5-18,23-47H2,1-4H3/b21-19-,22-20-. The second-order valence-corrected chi connectivity index (χ2v) is 16.4. The Morgan fingerprint density at radius 2 is 0.750 bits per heavy atom. The second-order valence-electron chi connectivity index (χ2n) is 16.4. The Labute approximate surface area is 348 Å². The van der Waals surface area contributed by atoms with Crippen molar-refractivity contribution in [1.29, 1.82) is 0 Å². The monoisotopic (exact) mass is 791 g/mol. The Bertz CT molecular complexity index is 817. The Kier molecular flexibility index (Phi) is 44.6. The van der Waals surface area contributed by atoms with E-state index in [0.717, 1.165) is 38.6 Å². The highest BCUT2D eigenvalue weighted by Gasteiger charge is 2.13. The topological polar surface area (TPSA) is 68.3 Å². The predicted octanol–water partition coefficient (Wildman–Crippen LogP) is 13.2. The largest absolute Gasteiger partial charge is 0.466 e. The molecule has 0 aliphatic heterocycles. The molecule has 0 aromatic carbocycles. The molecular formula is C49H94N2O5. The van der Waals surface area contributed by atoms with E-state index in [1.807, 2.05) is 0 Å². The van der Waals surface area contributed by atoms with Crippen LogP contribution in [0, 0.1) is 0 Å². The molecule has 0 N–H and O–H groups in total. The smallest absolute Gasteiger partial charge is 0.307 e. The number of esters is 2. The number of rotatable bonds is 45. The van der Waals surface area contributed by atoms with Crippen LogP contribution >= 0.6 is 0 Å². The maximum absolute atomic E-state index is 12.5. The molecule has 7 heteroatoms. The quantitative estimate of drug-likeness (QED) is 0.0346. The number of hydrogen-bond acceptors (Lipinski definition) is 7. The molecule has 0 rings (SSSR count). The molecule has 0 unspecified atom stereocenters. The molecule has 0 spiro atoms. The number of nitrogens with zero attached hydrogens (tertiary/aromatic N) is 2. The zero-order valence-electron chi connectivity index (χ0n) is 37.8. The number of carbonyl (C=O) groups is 2.